The number of carbonyl (C=O) groups is 2. The summed E-state index contributed by atoms with van der Waals surface area (Å²) in [6, 6.07) is 9.70. The van der Waals surface area contributed by atoms with Crippen LogP contribution < -0.4 is 14.9 Å². The molecular formula is C19H19ClN2O5. The van der Waals surface area contributed by atoms with E-state index in [1.165, 1.54) is 25.3 Å². The molecule has 0 fully saturated rings. The SMILES string of the molecule is CCOc1cc(C=NNC(C)=O)cc(Cl)c1OCc1ccc(C(=O)O)cc1. The average molecular weight is 391 g/mol. The van der Waals surface area contributed by atoms with Crippen molar-refractivity contribution in [1.29, 1.82) is 0 Å². The van der Waals surface area contributed by atoms with Crippen LogP contribution in [-0.2, 0) is 11.4 Å². The number of carbonyl (C=O) groups excluding carboxylic acids is 1. The van der Waals surface area contributed by atoms with Gasteiger partial charge in [0.2, 0.25) is 5.91 Å². The Kier molecular flexibility index (Phi) is 7.19. The van der Waals surface area contributed by atoms with Crippen LogP contribution in [0.1, 0.15) is 35.3 Å². The van der Waals surface area contributed by atoms with E-state index in [0.29, 0.717) is 28.7 Å². The molecule has 0 aromatic heterocycles. The molecule has 2 rings (SSSR count). The highest BCUT2D eigenvalue weighted by Crippen LogP contribution is 2.37. The summed E-state index contributed by atoms with van der Waals surface area (Å²) >= 11 is 6.31. The molecule has 0 saturated heterocycles. The molecule has 1 amide bonds. The number of ether oxygens (including phenoxy) is 2. The van der Waals surface area contributed by atoms with Gasteiger partial charge in [0.25, 0.3) is 0 Å². The van der Waals surface area contributed by atoms with E-state index < -0.39 is 5.97 Å². The van der Waals surface area contributed by atoms with E-state index in [1.54, 1.807) is 24.3 Å². The maximum atomic E-state index is 10.9. The lowest BCUT2D eigenvalue weighted by atomic mass is 10.1. The molecule has 0 aliphatic heterocycles. The maximum Gasteiger partial charge on any atom is 0.335 e. The Labute approximate surface area is 161 Å². The second-order valence-corrected chi connectivity index (χ2v) is 5.89. The summed E-state index contributed by atoms with van der Waals surface area (Å²) in [6.45, 7) is 3.79. The largest absolute Gasteiger partial charge is 0.490 e. The molecule has 7 nitrogen and oxygen atoms in total. The van der Waals surface area contributed by atoms with Gasteiger partial charge in [-0.25, -0.2) is 10.2 Å². The number of aromatic carboxylic acids is 1. The predicted octanol–water partition coefficient (Wildman–Crippen LogP) is 3.49. The number of carboxylic acids is 1. The van der Waals surface area contributed by atoms with Gasteiger partial charge in [0, 0.05) is 6.92 Å². The highest BCUT2D eigenvalue weighted by molar-refractivity contribution is 6.32. The van der Waals surface area contributed by atoms with Crippen LogP contribution in [-0.4, -0.2) is 29.8 Å². The highest BCUT2D eigenvalue weighted by atomic mass is 35.5. The van der Waals surface area contributed by atoms with Crippen LogP contribution >= 0.6 is 11.6 Å². The minimum Gasteiger partial charge on any atom is -0.490 e. The van der Waals surface area contributed by atoms with E-state index in [4.69, 9.17) is 26.2 Å². The smallest absolute Gasteiger partial charge is 0.335 e. The fourth-order valence-electron chi connectivity index (χ4n) is 2.16. The Morgan fingerprint density at radius 2 is 1.93 bits per heavy atom. The number of nitrogens with one attached hydrogen (secondary N) is 1. The Hall–Kier alpha value is -3.06. The average Bonchev–Trinajstić information content (AvgIpc) is 2.61. The van der Waals surface area contributed by atoms with Crippen molar-refractivity contribution in [3.63, 3.8) is 0 Å². The summed E-state index contributed by atoms with van der Waals surface area (Å²) in [6.07, 6.45) is 1.45. The Bertz CT molecular complexity index is 850. The van der Waals surface area contributed by atoms with Crippen molar-refractivity contribution in [2.24, 2.45) is 5.10 Å². The number of rotatable bonds is 8. The van der Waals surface area contributed by atoms with Gasteiger partial charge >= 0.3 is 5.97 Å². The van der Waals surface area contributed by atoms with Crippen LogP contribution in [0.25, 0.3) is 0 Å². The molecule has 2 aromatic rings. The van der Waals surface area contributed by atoms with Gasteiger partial charge in [-0.2, -0.15) is 5.10 Å². The molecule has 2 N–H and O–H groups in total. The van der Waals surface area contributed by atoms with E-state index in [0.717, 1.165) is 5.56 Å². The summed E-state index contributed by atoms with van der Waals surface area (Å²) in [5.41, 5.74) is 3.94. The third kappa shape index (κ3) is 6.00. The molecule has 0 aliphatic carbocycles. The molecule has 0 bridgehead atoms. The van der Waals surface area contributed by atoms with Gasteiger partial charge in [0.1, 0.15) is 6.61 Å². The summed E-state index contributed by atoms with van der Waals surface area (Å²) in [5.74, 6) is -0.453. The van der Waals surface area contributed by atoms with Crippen LogP contribution in [0.15, 0.2) is 41.5 Å². The van der Waals surface area contributed by atoms with Crippen LogP contribution in [0.2, 0.25) is 5.02 Å². The summed E-state index contributed by atoms with van der Waals surface area (Å²) in [7, 11) is 0. The lowest BCUT2D eigenvalue weighted by molar-refractivity contribution is -0.118. The first-order chi connectivity index (χ1) is 12.9. The van der Waals surface area contributed by atoms with Gasteiger partial charge in [-0.1, -0.05) is 23.7 Å². The maximum absolute atomic E-state index is 10.9. The number of amides is 1. The standard InChI is InChI=1S/C19H19ClN2O5/c1-3-26-17-9-14(10-21-22-12(2)23)8-16(20)18(17)27-11-13-4-6-15(7-5-13)19(24)25/h4-10H,3,11H2,1-2H3,(H,22,23)(H,24,25). The van der Waals surface area contributed by atoms with E-state index in [1.807, 2.05) is 6.92 Å². The number of hydrogen-bond donors (Lipinski definition) is 2. The molecule has 0 atom stereocenters. The fourth-order valence-corrected chi connectivity index (χ4v) is 2.44. The molecule has 0 aliphatic rings. The second-order valence-electron chi connectivity index (χ2n) is 5.48. The van der Waals surface area contributed by atoms with Gasteiger partial charge in [0.15, 0.2) is 11.5 Å². The van der Waals surface area contributed by atoms with Crippen LogP contribution in [0.4, 0.5) is 0 Å². The number of hydrazone groups is 1. The number of halogens is 1. The first-order valence-corrected chi connectivity index (χ1v) is 8.49. The molecule has 8 heteroatoms. The zero-order chi connectivity index (χ0) is 19.8. The summed E-state index contributed by atoms with van der Waals surface area (Å²) in [4.78, 5) is 21.8. The zero-order valence-corrected chi connectivity index (χ0v) is 15.6. The lowest BCUT2D eigenvalue weighted by Crippen LogP contribution is -2.12. The molecule has 0 radical (unpaired) electrons. The molecule has 0 spiro atoms. The van der Waals surface area contributed by atoms with Gasteiger partial charge in [0.05, 0.1) is 23.4 Å². The quantitative estimate of drug-likeness (QED) is 0.531. The minimum atomic E-state index is -0.985. The van der Waals surface area contributed by atoms with E-state index in [2.05, 4.69) is 10.5 Å². The minimum absolute atomic E-state index is 0.193. The van der Waals surface area contributed by atoms with Crippen LogP contribution in [0.5, 0.6) is 11.5 Å². The normalized spacial score (nSPS) is 10.6. The molecule has 0 heterocycles. The Morgan fingerprint density at radius 3 is 2.52 bits per heavy atom. The van der Waals surface area contributed by atoms with Crippen molar-refractivity contribution >= 4 is 29.7 Å². The predicted molar refractivity (Wildman–Crippen MR) is 102 cm³/mol. The van der Waals surface area contributed by atoms with Crippen LogP contribution in [0.3, 0.4) is 0 Å². The highest BCUT2D eigenvalue weighted by Gasteiger charge is 2.13. The molecule has 0 saturated carbocycles. The van der Waals surface area contributed by atoms with E-state index >= 15 is 0 Å². The molecule has 27 heavy (non-hydrogen) atoms. The van der Waals surface area contributed by atoms with Crippen molar-refractivity contribution < 1.29 is 24.2 Å². The van der Waals surface area contributed by atoms with Gasteiger partial charge in [-0.3, -0.25) is 4.79 Å². The van der Waals surface area contributed by atoms with Crippen molar-refractivity contribution in [3.8, 4) is 11.5 Å². The molecular weight excluding hydrogens is 372 g/mol. The number of benzene rings is 2. The van der Waals surface area contributed by atoms with Gasteiger partial charge in [-0.05, 0) is 42.3 Å². The van der Waals surface area contributed by atoms with Gasteiger partial charge in [-0.15, -0.1) is 0 Å². The zero-order valence-electron chi connectivity index (χ0n) is 14.9. The summed E-state index contributed by atoms with van der Waals surface area (Å²) in [5, 5.41) is 13.1. The van der Waals surface area contributed by atoms with Crippen molar-refractivity contribution in [2.45, 2.75) is 20.5 Å². The topological polar surface area (TPSA) is 97.2 Å². The fraction of sp³-hybridized carbons (Fsp3) is 0.211. The second kappa shape index (κ2) is 9.59. The van der Waals surface area contributed by atoms with E-state index in [9.17, 15) is 9.59 Å². The van der Waals surface area contributed by atoms with Gasteiger partial charge < -0.3 is 14.6 Å². The van der Waals surface area contributed by atoms with Crippen LogP contribution in [0, 0.1) is 0 Å². The number of hydrogen-bond acceptors (Lipinski definition) is 5. The van der Waals surface area contributed by atoms with Crippen molar-refractivity contribution in [2.75, 3.05) is 6.61 Å². The monoisotopic (exact) mass is 390 g/mol. The van der Waals surface area contributed by atoms with E-state index in [-0.39, 0.29) is 18.1 Å². The third-order valence-corrected chi connectivity index (χ3v) is 3.63. The number of nitrogens with zero attached hydrogens (tertiary/aromatic N) is 1. The first-order valence-electron chi connectivity index (χ1n) is 8.11. The number of carboxylic acid groups (broad SMARTS) is 1. The molecule has 0 unspecified atom stereocenters. The molecule has 2 aromatic carbocycles. The summed E-state index contributed by atoms with van der Waals surface area (Å²) < 4.78 is 11.4. The first kappa shape index (κ1) is 20.3. The lowest BCUT2D eigenvalue weighted by Gasteiger charge is -2.14. The van der Waals surface area contributed by atoms with Crippen molar-refractivity contribution in [1.82, 2.24) is 5.43 Å². The van der Waals surface area contributed by atoms with Crippen molar-refractivity contribution in [3.05, 3.63) is 58.1 Å². The Balaban J connectivity index is 2.18. The molecule has 142 valence electrons. The Morgan fingerprint density at radius 1 is 1.22 bits per heavy atom. The third-order valence-electron chi connectivity index (χ3n) is 3.35.